The van der Waals surface area contributed by atoms with Crippen LogP contribution in [-0.2, 0) is 38.2 Å². The Morgan fingerprint density at radius 1 is 0.517 bits per heavy atom. The van der Waals surface area contributed by atoms with E-state index in [-0.39, 0.29) is 46.4 Å². The molecule has 60 heavy (non-hydrogen) atoms. The van der Waals surface area contributed by atoms with Crippen LogP contribution in [-0.4, -0.2) is 285 Å². The van der Waals surface area contributed by atoms with Gasteiger partial charge in [0.15, 0.2) is 0 Å². The molecule has 0 aromatic rings. The summed E-state index contributed by atoms with van der Waals surface area (Å²) in [7, 11) is 0. The van der Waals surface area contributed by atoms with Gasteiger partial charge >= 0.3 is 11.9 Å². The van der Waals surface area contributed by atoms with Crippen LogP contribution in [0.15, 0.2) is 0 Å². The van der Waals surface area contributed by atoms with Crippen LogP contribution < -0.4 is 0 Å². The molecule has 0 aliphatic carbocycles. The molecule has 21 heteroatoms. The summed E-state index contributed by atoms with van der Waals surface area (Å²) < 4.78 is 15.2. The Bertz CT molecular complexity index is 1200. The molecule has 21 nitrogen and oxygen atoms in total. The Hall–Kier alpha value is -3.09. The van der Waals surface area contributed by atoms with Gasteiger partial charge in [-0.2, -0.15) is 0 Å². The molecule has 0 aromatic carbocycles. The van der Waals surface area contributed by atoms with Gasteiger partial charge in [-0.25, -0.2) is 0 Å². The number of aliphatic carboxylic acids is 2. The zero-order chi connectivity index (χ0) is 44.1. The third-order valence-corrected chi connectivity index (χ3v) is 11.1. The van der Waals surface area contributed by atoms with Gasteiger partial charge in [0.25, 0.3) is 19.4 Å². The molecule has 3 unspecified atom stereocenters. The van der Waals surface area contributed by atoms with Crippen LogP contribution in [0.25, 0.3) is 0 Å². The maximum absolute atomic E-state index is 11.8. The summed E-state index contributed by atoms with van der Waals surface area (Å²) in [6.07, 6.45) is -0.685. The van der Waals surface area contributed by atoms with Crippen LogP contribution in [0.3, 0.4) is 0 Å². The highest BCUT2D eigenvalue weighted by Crippen LogP contribution is 2.10. The largest absolute Gasteiger partial charge is 0.480 e. The Morgan fingerprint density at radius 2 is 0.817 bits per heavy atom. The first-order valence-corrected chi connectivity index (χ1v) is 21.3. The number of ether oxygens (including phenoxy) is 3. The molecule has 0 saturated carbocycles. The van der Waals surface area contributed by atoms with E-state index in [9.17, 15) is 44.4 Å². The van der Waals surface area contributed by atoms with Gasteiger partial charge in [0.2, 0.25) is 0 Å². The van der Waals surface area contributed by atoms with E-state index in [4.69, 9.17) is 14.2 Å². The van der Waals surface area contributed by atoms with Crippen LogP contribution in [0.4, 0.5) is 0 Å². The van der Waals surface area contributed by atoms with Crippen LogP contribution in [0.1, 0.15) is 27.2 Å². The van der Waals surface area contributed by atoms with Crippen molar-refractivity contribution < 1.29 is 58.6 Å². The van der Waals surface area contributed by atoms with E-state index in [0.717, 1.165) is 19.5 Å². The molecule has 2 aliphatic heterocycles. The van der Waals surface area contributed by atoms with Gasteiger partial charge in [-0.05, 0) is 12.5 Å². The van der Waals surface area contributed by atoms with Crippen molar-refractivity contribution in [2.24, 2.45) is 5.92 Å². The van der Waals surface area contributed by atoms with Crippen molar-refractivity contribution >= 4 is 31.4 Å². The maximum Gasteiger partial charge on any atom is 0.317 e. The van der Waals surface area contributed by atoms with E-state index in [0.29, 0.717) is 143 Å². The number of aliphatic hydroxyl groups is 2. The number of carbonyl (C=O) groups is 5. The monoisotopic (exact) mass is 862 g/mol. The second-order valence-electron chi connectivity index (χ2n) is 15.9. The topological polar surface area (TPSA) is 223 Å². The predicted octanol–water partition coefficient (Wildman–Crippen LogP) is -2.92. The van der Waals surface area contributed by atoms with E-state index in [1.54, 1.807) is 0 Å². The summed E-state index contributed by atoms with van der Waals surface area (Å²) >= 11 is 0. The lowest BCUT2D eigenvalue weighted by atomic mass is 10.1. The number of carboxylic acid groups (broad SMARTS) is 2. The van der Waals surface area contributed by atoms with Crippen molar-refractivity contribution in [2.45, 2.75) is 39.4 Å². The fraction of sp³-hybridized carbons (Fsp3) is 0.872. The average Bonchev–Trinajstić information content (AvgIpc) is 3.20. The smallest absolute Gasteiger partial charge is 0.317 e. The molecule has 0 spiro atoms. The first-order valence-electron chi connectivity index (χ1n) is 21.3. The number of β-amino-alcohol motifs (C(OH)–C–C–N with tert-alkyl or cyclic N) is 2. The van der Waals surface area contributed by atoms with Gasteiger partial charge in [-0.15, -0.1) is 0 Å². The number of rotatable bonds is 25. The summed E-state index contributed by atoms with van der Waals surface area (Å²) in [6, 6.07) is 0. The molecule has 0 amide bonds. The van der Waals surface area contributed by atoms with E-state index in [1.807, 2.05) is 19.6 Å². The molecule has 2 heterocycles. The number of hydrogen-bond acceptors (Lipinski definition) is 19. The molecule has 2 rings (SSSR count). The average molecular weight is 862 g/mol. The highest BCUT2D eigenvalue weighted by atomic mass is 16.5. The number of carboxylic acids is 2. The molecule has 0 aromatic heterocycles. The fourth-order valence-electron chi connectivity index (χ4n) is 7.43. The standard InChI is InChI=1S/C39H75N9O12/c1-4-35(3)22-48(25-36(52)23-41-9-11-43(27-38(54)55)8-6-40(5-2)7-16-45(17-13-41)29-58-32-49)26-37(53)24-42-10-12-44(28-39(56)57)15-19-47(31-60-34-51)21-20-46(18-14-42)30-59-33-50/h32-37,52-53H,4-31H2,1-3H3,(H,54,55)(H,56,57). The van der Waals surface area contributed by atoms with Gasteiger partial charge in [0.05, 0.1) is 25.3 Å². The van der Waals surface area contributed by atoms with Crippen molar-refractivity contribution in [3.63, 3.8) is 0 Å². The van der Waals surface area contributed by atoms with Crippen LogP contribution in [0.5, 0.6) is 0 Å². The normalized spacial score (nSPS) is 21.0. The molecular formula is C39H75N9O12. The molecule has 2 saturated heterocycles. The summed E-state index contributed by atoms with van der Waals surface area (Å²) in [5.74, 6) is -1.56. The Kier molecular flexibility index (Phi) is 28.0. The lowest BCUT2D eigenvalue weighted by Crippen LogP contribution is -2.51. The summed E-state index contributed by atoms with van der Waals surface area (Å²) in [5.41, 5.74) is 0. The third kappa shape index (κ3) is 24.4. The Labute approximate surface area is 356 Å². The Morgan fingerprint density at radius 3 is 1.10 bits per heavy atom. The van der Waals surface area contributed by atoms with E-state index >= 15 is 0 Å². The van der Waals surface area contributed by atoms with Crippen molar-refractivity contribution in [1.29, 1.82) is 0 Å². The summed E-state index contributed by atoms with van der Waals surface area (Å²) in [6.45, 7) is 18.7. The number of hydrogen-bond donors (Lipinski definition) is 4. The second kappa shape index (κ2) is 31.7. The second-order valence-corrected chi connectivity index (χ2v) is 15.9. The highest BCUT2D eigenvalue weighted by molar-refractivity contribution is 5.69. The van der Waals surface area contributed by atoms with Crippen LogP contribution in [0.2, 0.25) is 0 Å². The Balaban J connectivity index is 2.20. The number of likely N-dealkylation sites (N-methyl/N-ethyl adjacent to an activating group) is 1. The SMILES string of the molecule is CCC(C)CN(CC(O)CN1CCN(COC=O)CCN(CC)CCN(CC(=O)O)CC1)CC(O)CN1CCN(COC=O)CCN(COC=O)CCN(CC(=O)O)CC1. The van der Waals surface area contributed by atoms with Crippen molar-refractivity contribution in [2.75, 3.05) is 177 Å². The third-order valence-electron chi connectivity index (χ3n) is 11.1. The molecule has 348 valence electrons. The van der Waals surface area contributed by atoms with Crippen LogP contribution >= 0.6 is 0 Å². The minimum Gasteiger partial charge on any atom is -0.480 e. The minimum absolute atomic E-state index is 0.0466. The minimum atomic E-state index is -0.960. The predicted molar refractivity (Wildman–Crippen MR) is 222 cm³/mol. The van der Waals surface area contributed by atoms with E-state index < -0.39 is 24.1 Å². The van der Waals surface area contributed by atoms with Crippen molar-refractivity contribution in [1.82, 2.24) is 44.1 Å². The molecule has 3 atom stereocenters. The molecule has 2 fully saturated rings. The molecule has 0 bridgehead atoms. The first-order chi connectivity index (χ1) is 28.9. The number of carbonyl (C=O) groups excluding carboxylic acids is 3. The quantitative estimate of drug-likeness (QED) is 0.0533. The molecular weight excluding hydrogens is 786 g/mol. The van der Waals surface area contributed by atoms with Gasteiger partial charge in [0, 0.05) is 137 Å². The number of nitrogens with zero attached hydrogens (tertiary/aromatic N) is 9. The van der Waals surface area contributed by atoms with Gasteiger partial charge in [-0.3, -0.25) is 63.2 Å². The maximum atomic E-state index is 11.8. The number of aliphatic hydroxyl groups excluding tert-OH is 2. The summed E-state index contributed by atoms with van der Waals surface area (Å²) in [5, 5.41) is 42.5. The lowest BCUT2D eigenvalue weighted by molar-refractivity contribution is -0.139. The molecule has 4 N–H and O–H groups in total. The molecule has 0 radical (unpaired) electrons. The fourth-order valence-corrected chi connectivity index (χ4v) is 7.43. The van der Waals surface area contributed by atoms with Gasteiger partial charge in [-0.1, -0.05) is 27.2 Å². The molecule has 2 aliphatic rings. The first kappa shape index (κ1) is 53.0. The zero-order valence-electron chi connectivity index (χ0n) is 36.3. The van der Waals surface area contributed by atoms with Crippen molar-refractivity contribution in [3.8, 4) is 0 Å². The van der Waals surface area contributed by atoms with E-state index in [2.05, 4.69) is 45.3 Å². The zero-order valence-corrected chi connectivity index (χ0v) is 36.3. The highest BCUT2D eigenvalue weighted by Gasteiger charge is 2.25. The van der Waals surface area contributed by atoms with E-state index in [1.165, 1.54) is 0 Å². The summed E-state index contributed by atoms with van der Waals surface area (Å²) in [4.78, 5) is 74.7. The van der Waals surface area contributed by atoms with Crippen LogP contribution in [0, 0.1) is 5.92 Å². The van der Waals surface area contributed by atoms with Gasteiger partial charge in [0.1, 0.15) is 20.2 Å². The lowest BCUT2D eigenvalue weighted by Gasteiger charge is -2.36. The van der Waals surface area contributed by atoms with Gasteiger partial charge < -0.3 is 39.5 Å². The van der Waals surface area contributed by atoms with Crippen molar-refractivity contribution in [3.05, 3.63) is 0 Å².